The van der Waals surface area contributed by atoms with Gasteiger partial charge in [0.1, 0.15) is 18.0 Å². The van der Waals surface area contributed by atoms with Crippen LogP contribution in [0.5, 0.6) is 0 Å². The molecule has 0 spiro atoms. The van der Waals surface area contributed by atoms with Gasteiger partial charge in [0.15, 0.2) is 0 Å². The molecule has 0 aliphatic carbocycles. The summed E-state index contributed by atoms with van der Waals surface area (Å²) in [5.74, 6) is -0.119. The minimum atomic E-state index is -0.320. The van der Waals surface area contributed by atoms with Crippen molar-refractivity contribution in [3.05, 3.63) is 23.7 Å². The van der Waals surface area contributed by atoms with Crippen molar-refractivity contribution < 1.29 is 14.2 Å². The second kappa shape index (κ2) is 10.3. The number of hydrogen-bond donors (Lipinski definition) is 2. The molecule has 0 bridgehead atoms. The number of ether oxygens (including phenoxy) is 1. The van der Waals surface area contributed by atoms with Crippen molar-refractivity contribution in [2.75, 3.05) is 12.3 Å². The van der Waals surface area contributed by atoms with E-state index in [-0.39, 0.29) is 24.4 Å². The number of aliphatic hydroxyl groups is 1. The van der Waals surface area contributed by atoms with Gasteiger partial charge >= 0.3 is 0 Å². The van der Waals surface area contributed by atoms with Gasteiger partial charge in [0.25, 0.3) is 0 Å². The summed E-state index contributed by atoms with van der Waals surface area (Å²) in [6, 6.07) is 0. The number of nitrogens with two attached hydrogens (primary N) is 1. The van der Waals surface area contributed by atoms with Crippen LogP contribution in [0.1, 0.15) is 57.2 Å². The van der Waals surface area contributed by atoms with Crippen LogP contribution in [-0.2, 0) is 4.74 Å². The predicted molar refractivity (Wildman–Crippen MR) is 90.4 cm³/mol. The standard InChI is InChI=1S/C11H16FN3.C6H12O2/c1-3-4-5-6-9(12)10-8(2)14-7-15-11(10)13;1-5-2-3-6(4-7)8-5/h6-7H,3-5H2,1-2H3,(H2,13,14,15);5-7H,2-4H2,1H3/b9-6+;. The molecule has 0 radical (unpaired) electrons. The third-order valence-corrected chi connectivity index (χ3v) is 3.71. The Hall–Kier alpha value is -1.53. The maximum atomic E-state index is 13.7. The molecule has 0 saturated carbocycles. The summed E-state index contributed by atoms with van der Waals surface area (Å²) in [6.45, 7) is 6.01. The molecule has 2 unspecified atom stereocenters. The largest absolute Gasteiger partial charge is 0.394 e. The molecular formula is C17H28FN3O2. The number of aliphatic hydroxyl groups excluding tert-OH is 1. The first-order valence-electron chi connectivity index (χ1n) is 8.19. The Morgan fingerprint density at radius 3 is 2.70 bits per heavy atom. The molecule has 1 fully saturated rings. The summed E-state index contributed by atoms with van der Waals surface area (Å²) < 4.78 is 18.9. The fraction of sp³-hybridized carbons (Fsp3) is 0.647. The molecule has 2 rings (SSSR count). The van der Waals surface area contributed by atoms with Gasteiger partial charge in [-0.1, -0.05) is 13.3 Å². The van der Waals surface area contributed by atoms with Gasteiger partial charge in [-0.15, -0.1) is 0 Å². The molecule has 1 saturated heterocycles. The van der Waals surface area contributed by atoms with Gasteiger partial charge in [-0.3, -0.25) is 0 Å². The van der Waals surface area contributed by atoms with E-state index in [1.807, 2.05) is 6.92 Å². The topological polar surface area (TPSA) is 81.3 Å². The number of aryl methyl sites for hydroxylation is 1. The molecule has 5 nitrogen and oxygen atoms in total. The van der Waals surface area contributed by atoms with Gasteiger partial charge in [0.2, 0.25) is 0 Å². The second-order valence-electron chi connectivity index (χ2n) is 5.74. The molecule has 1 aromatic heterocycles. The lowest BCUT2D eigenvalue weighted by atomic mass is 10.1. The number of aromatic nitrogens is 2. The van der Waals surface area contributed by atoms with Crippen LogP contribution in [0.2, 0.25) is 0 Å². The fourth-order valence-electron chi connectivity index (χ4n) is 2.34. The van der Waals surface area contributed by atoms with Gasteiger partial charge in [0, 0.05) is 0 Å². The van der Waals surface area contributed by atoms with Gasteiger partial charge in [-0.05, 0) is 45.6 Å². The molecule has 0 amide bonds. The predicted octanol–water partition coefficient (Wildman–Crippen LogP) is 3.41. The quantitative estimate of drug-likeness (QED) is 0.811. The molecule has 2 atom stereocenters. The monoisotopic (exact) mass is 325 g/mol. The zero-order valence-electron chi connectivity index (χ0n) is 14.3. The van der Waals surface area contributed by atoms with E-state index in [2.05, 4.69) is 16.9 Å². The van der Waals surface area contributed by atoms with Crippen molar-refractivity contribution >= 4 is 11.6 Å². The highest BCUT2D eigenvalue weighted by Gasteiger charge is 2.19. The summed E-state index contributed by atoms with van der Waals surface area (Å²) in [6.07, 6.45) is 8.25. The van der Waals surface area contributed by atoms with Crippen molar-refractivity contribution in [3.63, 3.8) is 0 Å². The Morgan fingerprint density at radius 1 is 1.48 bits per heavy atom. The molecule has 1 aliphatic heterocycles. The van der Waals surface area contributed by atoms with Crippen molar-refractivity contribution in [2.45, 2.75) is 65.1 Å². The zero-order valence-corrected chi connectivity index (χ0v) is 14.3. The number of unbranched alkanes of at least 4 members (excludes halogenated alkanes) is 2. The lowest BCUT2D eigenvalue weighted by Gasteiger charge is -2.05. The van der Waals surface area contributed by atoms with E-state index in [0.717, 1.165) is 32.1 Å². The number of halogens is 1. The molecule has 3 N–H and O–H groups in total. The Labute approximate surface area is 137 Å². The number of hydrogen-bond acceptors (Lipinski definition) is 5. The summed E-state index contributed by atoms with van der Waals surface area (Å²) in [7, 11) is 0. The smallest absolute Gasteiger partial charge is 0.137 e. The number of allylic oxidation sites excluding steroid dienone is 1. The van der Waals surface area contributed by atoms with Crippen molar-refractivity contribution in [3.8, 4) is 0 Å². The second-order valence-corrected chi connectivity index (χ2v) is 5.74. The van der Waals surface area contributed by atoms with Crippen molar-refractivity contribution in [2.24, 2.45) is 0 Å². The molecule has 1 aliphatic rings. The van der Waals surface area contributed by atoms with Crippen LogP contribution < -0.4 is 5.73 Å². The fourth-order valence-corrected chi connectivity index (χ4v) is 2.34. The molecule has 6 heteroatoms. The van der Waals surface area contributed by atoms with Crippen LogP contribution >= 0.6 is 0 Å². The van der Waals surface area contributed by atoms with Crippen LogP contribution in [0.3, 0.4) is 0 Å². The molecule has 1 aromatic rings. The van der Waals surface area contributed by atoms with Crippen LogP contribution in [-0.4, -0.2) is 33.9 Å². The van der Waals surface area contributed by atoms with E-state index in [0.29, 0.717) is 17.4 Å². The number of nitrogen functional groups attached to an aromatic ring is 1. The van der Waals surface area contributed by atoms with Crippen molar-refractivity contribution in [1.82, 2.24) is 9.97 Å². The average Bonchev–Trinajstić information content (AvgIpc) is 2.94. The normalized spacial score (nSPS) is 21.0. The molecule has 0 aromatic carbocycles. The highest BCUT2D eigenvalue weighted by Crippen LogP contribution is 2.23. The number of nitrogens with zero attached hydrogens (tertiary/aromatic N) is 2. The van der Waals surface area contributed by atoms with E-state index in [4.69, 9.17) is 15.6 Å². The maximum Gasteiger partial charge on any atom is 0.137 e. The van der Waals surface area contributed by atoms with Gasteiger partial charge in [-0.25, -0.2) is 14.4 Å². The van der Waals surface area contributed by atoms with E-state index in [1.165, 1.54) is 6.33 Å². The van der Waals surface area contributed by atoms with Crippen LogP contribution in [0.15, 0.2) is 12.4 Å². The van der Waals surface area contributed by atoms with Gasteiger partial charge in [0.05, 0.1) is 30.1 Å². The van der Waals surface area contributed by atoms with E-state index >= 15 is 0 Å². The van der Waals surface area contributed by atoms with Crippen LogP contribution in [0, 0.1) is 6.92 Å². The third kappa shape index (κ3) is 6.62. The maximum absolute atomic E-state index is 13.7. The Kier molecular flexibility index (Phi) is 8.73. The summed E-state index contributed by atoms with van der Waals surface area (Å²) in [4.78, 5) is 7.69. The first-order chi connectivity index (χ1) is 11.0. The lowest BCUT2D eigenvalue weighted by Crippen LogP contribution is -2.11. The third-order valence-electron chi connectivity index (χ3n) is 3.71. The molecular weight excluding hydrogens is 297 g/mol. The van der Waals surface area contributed by atoms with Gasteiger partial charge in [-0.2, -0.15) is 0 Å². The molecule has 130 valence electrons. The first-order valence-corrected chi connectivity index (χ1v) is 8.19. The van der Waals surface area contributed by atoms with E-state index < -0.39 is 0 Å². The highest BCUT2D eigenvalue weighted by molar-refractivity contribution is 5.69. The average molecular weight is 325 g/mol. The first kappa shape index (κ1) is 19.5. The Balaban J connectivity index is 0.000000277. The van der Waals surface area contributed by atoms with Crippen molar-refractivity contribution in [1.29, 1.82) is 0 Å². The van der Waals surface area contributed by atoms with Crippen LogP contribution in [0.25, 0.3) is 5.83 Å². The minimum absolute atomic E-state index is 0.130. The minimum Gasteiger partial charge on any atom is -0.394 e. The van der Waals surface area contributed by atoms with Gasteiger partial charge < -0.3 is 15.6 Å². The summed E-state index contributed by atoms with van der Waals surface area (Å²) in [5, 5.41) is 8.56. The summed E-state index contributed by atoms with van der Waals surface area (Å²) >= 11 is 0. The molecule has 23 heavy (non-hydrogen) atoms. The Morgan fingerprint density at radius 2 is 2.22 bits per heavy atom. The SMILES string of the molecule is CC1CCC(CO)O1.CCCC/C=C(/F)c1c(C)ncnc1N. The zero-order chi connectivity index (χ0) is 17.2. The van der Waals surface area contributed by atoms with E-state index in [9.17, 15) is 4.39 Å². The Bertz CT molecular complexity index is 488. The number of rotatable bonds is 5. The molecule has 2 heterocycles. The number of anilines is 1. The summed E-state index contributed by atoms with van der Waals surface area (Å²) in [5.41, 5.74) is 6.50. The lowest BCUT2D eigenvalue weighted by molar-refractivity contribution is 0.0198. The highest BCUT2D eigenvalue weighted by atomic mass is 19.1. The van der Waals surface area contributed by atoms with Crippen LogP contribution in [0.4, 0.5) is 10.2 Å². The van der Waals surface area contributed by atoms with E-state index in [1.54, 1.807) is 13.0 Å².